The van der Waals surface area contributed by atoms with Crippen molar-refractivity contribution in [3.05, 3.63) is 51.6 Å². The van der Waals surface area contributed by atoms with E-state index in [4.69, 9.17) is 4.74 Å². The van der Waals surface area contributed by atoms with Crippen molar-refractivity contribution < 1.29 is 17.9 Å². The molecule has 1 saturated heterocycles. The summed E-state index contributed by atoms with van der Waals surface area (Å²) in [6.07, 6.45) is 3.73. The standard InChI is InChI=1S/C25H31IN2O4S/c1-3-20(4-2)32-21-6-8-22(9-7-21)33(30,31)28-12-11-18(16-28)24-17-27(13-14-29)25-10-5-19(26)15-23(24)25/h5-10,14-15,18,20,24H,3-4,11-13,16-17H2,1-2H3. The highest BCUT2D eigenvalue weighted by Crippen LogP contribution is 2.44. The van der Waals surface area contributed by atoms with Crippen LogP contribution < -0.4 is 9.64 Å². The number of anilines is 1. The van der Waals surface area contributed by atoms with E-state index in [2.05, 4.69) is 59.5 Å². The highest BCUT2D eigenvalue weighted by atomic mass is 127. The summed E-state index contributed by atoms with van der Waals surface area (Å²) in [6.45, 7) is 6.30. The second-order valence-electron chi connectivity index (χ2n) is 8.82. The molecule has 1 fully saturated rings. The van der Waals surface area contributed by atoms with Gasteiger partial charge in [0.2, 0.25) is 10.0 Å². The monoisotopic (exact) mass is 582 g/mol. The fraction of sp³-hybridized carbons (Fsp3) is 0.480. The first-order valence-corrected chi connectivity index (χ1v) is 14.1. The van der Waals surface area contributed by atoms with Crippen molar-refractivity contribution in [2.45, 2.75) is 50.0 Å². The van der Waals surface area contributed by atoms with Crippen molar-refractivity contribution in [3.8, 4) is 5.75 Å². The molecular weight excluding hydrogens is 551 g/mol. The molecule has 0 N–H and O–H groups in total. The molecule has 2 aliphatic heterocycles. The van der Waals surface area contributed by atoms with Crippen LogP contribution in [0.3, 0.4) is 0 Å². The third kappa shape index (κ3) is 5.07. The molecule has 2 aromatic carbocycles. The Hall–Kier alpha value is -1.65. The van der Waals surface area contributed by atoms with E-state index in [1.807, 2.05) is 0 Å². The minimum absolute atomic E-state index is 0.142. The van der Waals surface area contributed by atoms with Crippen LogP contribution in [0.2, 0.25) is 0 Å². The van der Waals surface area contributed by atoms with Crippen LogP contribution in [-0.4, -0.2) is 51.3 Å². The predicted octanol–water partition coefficient (Wildman–Crippen LogP) is 4.67. The Balaban J connectivity index is 1.48. The van der Waals surface area contributed by atoms with Gasteiger partial charge in [-0.15, -0.1) is 0 Å². The van der Waals surface area contributed by atoms with Gasteiger partial charge in [0.05, 0.1) is 17.5 Å². The van der Waals surface area contributed by atoms with E-state index in [1.54, 1.807) is 28.6 Å². The Morgan fingerprint density at radius 2 is 1.85 bits per heavy atom. The van der Waals surface area contributed by atoms with Gasteiger partial charge in [0, 0.05) is 34.8 Å². The fourth-order valence-corrected chi connectivity index (χ4v) is 7.03. The van der Waals surface area contributed by atoms with Crippen LogP contribution >= 0.6 is 22.6 Å². The molecule has 2 unspecified atom stereocenters. The molecule has 33 heavy (non-hydrogen) atoms. The second-order valence-corrected chi connectivity index (χ2v) is 12.0. The van der Waals surface area contributed by atoms with Crippen molar-refractivity contribution in [1.82, 2.24) is 4.31 Å². The van der Waals surface area contributed by atoms with Crippen LogP contribution in [0.15, 0.2) is 47.4 Å². The highest BCUT2D eigenvalue weighted by Gasteiger charge is 2.40. The molecule has 2 atom stereocenters. The first kappa shape index (κ1) is 24.5. The van der Waals surface area contributed by atoms with Gasteiger partial charge in [-0.05, 0) is 95.8 Å². The van der Waals surface area contributed by atoms with Crippen LogP contribution in [-0.2, 0) is 14.8 Å². The molecular formula is C25H31IN2O4S. The summed E-state index contributed by atoms with van der Waals surface area (Å²) in [6, 6.07) is 13.1. The maximum Gasteiger partial charge on any atom is 0.243 e. The van der Waals surface area contributed by atoms with Crippen molar-refractivity contribution >= 4 is 44.6 Å². The van der Waals surface area contributed by atoms with Crippen LogP contribution in [0.4, 0.5) is 5.69 Å². The van der Waals surface area contributed by atoms with Gasteiger partial charge in [-0.2, -0.15) is 4.31 Å². The molecule has 8 heteroatoms. The molecule has 4 rings (SSSR count). The van der Waals surface area contributed by atoms with Gasteiger partial charge in [0.1, 0.15) is 12.0 Å². The van der Waals surface area contributed by atoms with E-state index in [9.17, 15) is 13.2 Å². The summed E-state index contributed by atoms with van der Waals surface area (Å²) in [5.74, 6) is 1.16. The Labute approximate surface area is 210 Å². The number of halogens is 1. The van der Waals surface area contributed by atoms with Gasteiger partial charge in [0.15, 0.2) is 0 Å². The quantitative estimate of drug-likeness (QED) is 0.318. The molecule has 0 amide bonds. The van der Waals surface area contributed by atoms with Gasteiger partial charge in [-0.25, -0.2) is 8.42 Å². The van der Waals surface area contributed by atoms with Crippen LogP contribution in [0.5, 0.6) is 5.75 Å². The van der Waals surface area contributed by atoms with Crippen molar-refractivity contribution in [2.24, 2.45) is 5.92 Å². The van der Waals surface area contributed by atoms with Crippen molar-refractivity contribution in [1.29, 1.82) is 0 Å². The van der Waals surface area contributed by atoms with E-state index in [0.29, 0.717) is 30.3 Å². The number of benzene rings is 2. The minimum Gasteiger partial charge on any atom is -0.490 e. The number of hydrogen-bond acceptors (Lipinski definition) is 5. The predicted molar refractivity (Wildman–Crippen MR) is 138 cm³/mol. The molecule has 6 nitrogen and oxygen atoms in total. The number of sulfonamides is 1. The van der Waals surface area contributed by atoms with Crippen LogP contribution in [0, 0.1) is 9.49 Å². The molecule has 0 spiro atoms. The number of carbonyl (C=O) groups excluding carboxylic acids is 1. The van der Waals surface area contributed by atoms with Gasteiger partial charge in [0.25, 0.3) is 0 Å². The lowest BCUT2D eigenvalue weighted by Gasteiger charge is -2.22. The fourth-order valence-electron chi connectivity index (χ4n) is 5.00. The average molecular weight is 583 g/mol. The zero-order chi connectivity index (χ0) is 23.6. The minimum atomic E-state index is -3.56. The third-order valence-corrected chi connectivity index (χ3v) is 9.42. The van der Waals surface area contributed by atoms with E-state index >= 15 is 0 Å². The van der Waals surface area contributed by atoms with E-state index in [1.165, 1.54) is 5.56 Å². The summed E-state index contributed by atoms with van der Waals surface area (Å²) in [4.78, 5) is 13.6. The number of ether oxygens (including phenoxy) is 1. The van der Waals surface area contributed by atoms with Gasteiger partial charge >= 0.3 is 0 Å². The molecule has 0 aliphatic carbocycles. The Kier molecular flexibility index (Phi) is 7.65. The summed E-state index contributed by atoms with van der Waals surface area (Å²) in [5, 5.41) is 0. The largest absolute Gasteiger partial charge is 0.490 e. The molecule has 0 radical (unpaired) electrons. The van der Waals surface area contributed by atoms with E-state index in [-0.39, 0.29) is 17.9 Å². The zero-order valence-electron chi connectivity index (χ0n) is 19.1. The first-order valence-electron chi connectivity index (χ1n) is 11.6. The summed E-state index contributed by atoms with van der Waals surface area (Å²) in [5.41, 5.74) is 2.33. The van der Waals surface area contributed by atoms with E-state index < -0.39 is 10.0 Å². The van der Waals surface area contributed by atoms with Crippen LogP contribution in [0.25, 0.3) is 0 Å². The second kappa shape index (κ2) is 10.3. The molecule has 0 bridgehead atoms. The van der Waals surface area contributed by atoms with Crippen LogP contribution in [0.1, 0.15) is 44.6 Å². The lowest BCUT2D eigenvalue weighted by Crippen LogP contribution is -2.31. The van der Waals surface area contributed by atoms with Gasteiger partial charge < -0.3 is 14.4 Å². The maximum absolute atomic E-state index is 13.3. The number of aldehydes is 1. The lowest BCUT2D eigenvalue weighted by atomic mass is 9.87. The Bertz CT molecular complexity index is 1090. The maximum atomic E-state index is 13.3. The molecule has 2 aromatic rings. The highest BCUT2D eigenvalue weighted by molar-refractivity contribution is 14.1. The number of carbonyl (C=O) groups is 1. The molecule has 0 aromatic heterocycles. The smallest absolute Gasteiger partial charge is 0.243 e. The number of rotatable bonds is 9. The zero-order valence-corrected chi connectivity index (χ0v) is 22.1. The topological polar surface area (TPSA) is 66.9 Å². The normalized spacial score (nSPS) is 20.9. The molecule has 2 aliphatic rings. The Morgan fingerprint density at radius 1 is 1.12 bits per heavy atom. The number of nitrogens with zero attached hydrogens (tertiary/aromatic N) is 2. The number of fused-ring (bicyclic) bond motifs is 1. The van der Waals surface area contributed by atoms with Crippen molar-refractivity contribution in [2.75, 3.05) is 31.1 Å². The summed E-state index contributed by atoms with van der Waals surface area (Å²) >= 11 is 2.31. The summed E-state index contributed by atoms with van der Waals surface area (Å²) in [7, 11) is -3.56. The SMILES string of the molecule is CCC(CC)Oc1ccc(S(=O)(=O)N2CCC(C3CN(CC=O)c4ccc(I)cc43)C2)cc1. The molecule has 2 heterocycles. The first-order chi connectivity index (χ1) is 15.9. The lowest BCUT2D eigenvalue weighted by molar-refractivity contribution is -0.106. The average Bonchev–Trinajstić information content (AvgIpc) is 3.43. The molecule has 0 saturated carbocycles. The van der Waals surface area contributed by atoms with E-state index in [0.717, 1.165) is 41.4 Å². The van der Waals surface area contributed by atoms with Gasteiger partial charge in [-0.1, -0.05) is 13.8 Å². The molecule has 178 valence electrons. The third-order valence-electron chi connectivity index (χ3n) is 6.87. The Morgan fingerprint density at radius 3 is 2.52 bits per heavy atom. The van der Waals surface area contributed by atoms with Crippen molar-refractivity contribution in [3.63, 3.8) is 0 Å². The number of hydrogen-bond donors (Lipinski definition) is 0. The van der Waals surface area contributed by atoms with Gasteiger partial charge in [-0.3, -0.25) is 0 Å². The summed E-state index contributed by atoms with van der Waals surface area (Å²) < 4.78 is 35.4.